The highest BCUT2D eigenvalue weighted by molar-refractivity contribution is 6.34. The van der Waals surface area contributed by atoms with Gasteiger partial charge >= 0.3 is 5.97 Å². The van der Waals surface area contributed by atoms with Crippen LogP contribution in [0.4, 0.5) is 0 Å². The van der Waals surface area contributed by atoms with E-state index in [1.807, 2.05) is 0 Å². The summed E-state index contributed by atoms with van der Waals surface area (Å²) in [7, 11) is 2.68. The number of carbonyl (C=O) groups is 2. The van der Waals surface area contributed by atoms with Crippen molar-refractivity contribution in [2.45, 2.75) is 0 Å². The molecular formula is C10H10Cl2N2O3. The summed E-state index contributed by atoms with van der Waals surface area (Å²) < 4.78 is 4.45. The quantitative estimate of drug-likeness (QED) is 0.622. The number of esters is 1. The van der Waals surface area contributed by atoms with E-state index < -0.39 is 11.9 Å². The first-order valence-corrected chi connectivity index (χ1v) is 5.35. The molecule has 1 amide bonds. The largest absolute Gasteiger partial charge is 0.468 e. The zero-order valence-corrected chi connectivity index (χ0v) is 10.7. The Bertz CT molecular complexity index is 451. The zero-order chi connectivity index (χ0) is 13.0. The van der Waals surface area contributed by atoms with Crippen LogP contribution in [0.3, 0.4) is 0 Å². The fraction of sp³-hybridized carbons (Fsp3) is 0.300. The third-order valence-electron chi connectivity index (χ3n) is 1.96. The van der Waals surface area contributed by atoms with E-state index in [0.717, 1.165) is 4.90 Å². The maximum Gasteiger partial charge on any atom is 0.325 e. The van der Waals surface area contributed by atoms with Gasteiger partial charge in [-0.25, -0.2) is 4.98 Å². The molecule has 7 heteroatoms. The molecule has 0 radical (unpaired) electrons. The van der Waals surface area contributed by atoms with E-state index >= 15 is 0 Å². The van der Waals surface area contributed by atoms with E-state index in [1.165, 1.54) is 26.3 Å². The Morgan fingerprint density at radius 2 is 2.06 bits per heavy atom. The van der Waals surface area contributed by atoms with Gasteiger partial charge < -0.3 is 9.64 Å². The lowest BCUT2D eigenvalue weighted by molar-refractivity contribution is -0.141. The van der Waals surface area contributed by atoms with Gasteiger partial charge in [-0.05, 0) is 12.1 Å². The van der Waals surface area contributed by atoms with E-state index in [-0.39, 0.29) is 22.4 Å². The molecule has 0 unspecified atom stereocenters. The Kier molecular flexibility index (Phi) is 4.72. The van der Waals surface area contributed by atoms with E-state index in [1.54, 1.807) is 0 Å². The van der Waals surface area contributed by atoms with Crippen molar-refractivity contribution in [2.24, 2.45) is 0 Å². The van der Waals surface area contributed by atoms with Crippen LogP contribution in [-0.2, 0) is 9.53 Å². The Morgan fingerprint density at radius 3 is 2.65 bits per heavy atom. The topological polar surface area (TPSA) is 59.5 Å². The third kappa shape index (κ3) is 3.57. The minimum absolute atomic E-state index is 0.00516. The van der Waals surface area contributed by atoms with Gasteiger partial charge in [-0.1, -0.05) is 23.2 Å². The molecule has 0 bridgehead atoms. The van der Waals surface area contributed by atoms with Crippen LogP contribution < -0.4 is 0 Å². The predicted octanol–water partition coefficient (Wildman–Crippen LogP) is 1.63. The maximum absolute atomic E-state index is 11.9. The molecule has 5 nitrogen and oxygen atoms in total. The lowest BCUT2D eigenvalue weighted by Crippen LogP contribution is -2.33. The van der Waals surface area contributed by atoms with Crippen molar-refractivity contribution in [3.63, 3.8) is 0 Å². The molecule has 0 saturated carbocycles. The standard InChI is InChI=1S/C10H10Cl2N2O3/c1-14(5-8(15)17-2)10(16)9-6(11)3-4-7(12)13-9/h3-4H,5H2,1-2H3. The summed E-state index contributed by atoms with van der Waals surface area (Å²) in [6.45, 7) is -0.181. The van der Waals surface area contributed by atoms with Crippen molar-refractivity contribution >= 4 is 35.1 Å². The number of hydrogen-bond donors (Lipinski definition) is 0. The number of rotatable bonds is 3. The summed E-state index contributed by atoms with van der Waals surface area (Å²) in [4.78, 5) is 27.9. The summed E-state index contributed by atoms with van der Waals surface area (Å²) in [5.41, 5.74) is 0.00516. The molecule has 1 aromatic heterocycles. The summed E-state index contributed by atoms with van der Waals surface area (Å²) >= 11 is 11.5. The second-order valence-corrected chi connectivity index (χ2v) is 4.00. The molecule has 0 saturated heterocycles. The monoisotopic (exact) mass is 276 g/mol. The van der Waals surface area contributed by atoms with Crippen LogP contribution >= 0.6 is 23.2 Å². The molecule has 1 heterocycles. The number of carbonyl (C=O) groups excluding carboxylic acids is 2. The first kappa shape index (κ1) is 13.7. The summed E-state index contributed by atoms with van der Waals surface area (Å²) in [6, 6.07) is 2.94. The number of amides is 1. The van der Waals surface area contributed by atoms with E-state index in [9.17, 15) is 9.59 Å². The van der Waals surface area contributed by atoms with Gasteiger partial charge in [-0.3, -0.25) is 9.59 Å². The first-order chi connectivity index (χ1) is 7.95. The van der Waals surface area contributed by atoms with E-state index in [0.29, 0.717) is 0 Å². The van der Waals surface area contributed by atoms with Crippen molar-refractivity contribution in [3.05, 3.63) is 28.0 Å². The van der Waals surface area contributed by atoms with Crippen LogP contribution in [0.15, 0.2) is 12.1 Å². The molecule has 0 spiro atoms. The molecule has 1 rings (SSSR count). The molecule has 0 aliphatic carbocycles. The molecule has 0 aliphatic rings. The van der Waals surface area contributed by atoms with E-state index in [4.69, 9.17) is 23.2 Å². The molecule has 0 atom stereocenters. The SMILES string of the molecule is COC(=O)CN(C)C(=O)c1nc(Cl)ccc1Cl. The minimum atomic E-state index is -0.529. The fourth-order valence-corrected chi connectivity index (χ4v) is 1.41. The van der Waals surface area contributed by atoms with Gasteiger partial charge in [0.15, 0.2) is 0 Å². The first-order valence-electron chi connectivity index (χ1n) is 4.60. The highest BCUT2D eigenvalue weighted by Crippen LogP contribution is 2.18. The van der Waals surface area contributed by atoms with Crippen molar-refractivity contribution in [1.29, 1.82) is 0 Å². The molecule has 0 N–H and O–H groups in total. The number of hydrogen-bond acceptors (Lipinski definition) is 4. The smallest absolute Gasteiger partial charge is 0.325 e. The summed E-state index contributed by atoms with van der Waals surface area (Å²) in [5.74, 6) is -1.03. The summed E-state index contributed by atoms with van der Waals surface area (Å²) in [6.07, 6.45) is 0. The number of ether oxygens (including phenoxy) is 1. The average molecular weight is 277 g/mol. The number of likely N-dealkylation sites (N-methyl/N-ethyl adjacent to an activating group) is 1. The molecule has 92 valence electrons. The highest BCUT2D eigenvalue weighted by Gasteiger charge is 2.19. The number of nitrogens with zero attached hydrogens (tertiary/aromatic N) is 2. The summed E-state index contributed by atoms with van der Waals surface area (Å²) in [5, 5.41) is 0.334. The molecule has 17 heavy (non-hydrogen) atoms. The number of aromatic nitrogens is 1. The van der Waals surface area contributed by atoms with E-state index in [2.05, 4.69) is 9.72 Å². The van der Waals surface area contributed by atoms with Gasteiger partial charge in [0.05, 0.1) is 12.1 Å². The number of methoxy groups -OCH3 is 1. The second-order valence-electron chi connectivity index (χ2n) is 3.20. The van der Waals surface area contributed by atoms with Crippen LogP contribution in [0.25, 0.3) is 0 Å². The molecule has 0 fully saturated rings. The predicted molar refractivity (Wildman–Crippen MR) is 63.2 cm³/mol. The minimum Gasteiger partial charge on any atom is -0.468 e. The van der Waals surface area contributed by atoms with Gasteiger partial charge in [0.1, 0.15) is 17.4 Å². The van der Waals surface area contributed by atoms with Crippen molar-refractivity contribution < 1.29 is 14.3 Å². The zero-order valence-electron chi connectivity index (χ0n) is 9.24. The lowest BCUT2D eigenvalue weighted by atomic mass is 10.3. The molecule has 0 aromatic carbocycles. The van der Waals surface area contributed by atoms with Crippen LogP contribution in [0.2, 0.25) is 10.2 Å². The van der Waals surface area contributed by atoms with Crippen LogP contribution in [0.5, 0.6) is 0 Å². The fourth-order valence-electron chi connectivity index (χ4n) is 1.08. The molecule has 1 aromatic rings. The van der Waals surface area contributed by atoms with Crippen LogP contribution in [0.1, 0.15) is 10.5 Å². The van der Waals surface area contributed by atoms with Crippen molar-refractivity contribution in [1.82, 2.24) is 9.88 Å². The van der Waals surface area contributed by atoms with Gasteiger partial charge in [0, 0.05) is 7.05 Å². The maximum atomic E-state index is 11.9. The average Bonchev–Trinajstić information content (AvgIpc) is 2.31. The molecular weight excluding hydrogens is 267 g/mol. The number of pyridine rings is 1. The number of halogens is 2. The van der Waals surface area contributed by atoms with Crippen LogP contribution in [0, 0.1) is 0 Å². The van der Waals surface area contributed by atoms with Gasteiger partial charge in [0.2, 0.25) is 0 Å². The lowest BCUT2D eigenvalue weighted by Gasteiger charge is -2.15. The van der Waals surface area contributed by atoms with Crippen molar-refractivity contribution in [3.8, 4) is 0 Å². The Labute approximate surface area is 108 Å². The normalized spacial score (nSPS) is 9.88. The Morgan fingerprint density at radius 1 is 1.41 bits per heavy atom. The van der Waals surface area contributed by atoms with Gasteiger partial charge in [-0.2, -0.15) is 0 Å². The Balaban J connectivity index is 2.88. The molecule has 0 aliphatic heterocycles. The third-order valence-corrected chi connectivity index (χ3v) is 2.47. The highest BCUT2D eigenvalue weighted by atomic mass is 35.5. The Hall–Kier alpha value is -1.33. The van der Waals surface area contributed by atoms with Crippen molar-refractivity contribution in [2.75, 3.05) is 20.7 Å². The second kappa shape index (κ2) is 5.84. The van der Waals surface area contributed by atoms with Gasteiger partial charge in [0.25, 0.3) is 5.91 Å². The van der Waals surface area contributed by atoms with Crippen LogP contribution in [-0.4, -0.2) is 42.5 Å². The van der Waals surface area contributed by atoms with Gasteiger partial charge in [-0.15, -0.1) is 0 Å².